The number of H-pyrrole nitrogens is 1. The second-order valence-corrected chi connectivity index (χ2v) is 8.95. The molecule has 0 aliphatic rings. The lowest BCUT2D eigenvalue weighted by atomic mass is 10.0. The van der Waals surface area contributed by atoms with Gasteiger partial charge in [-0.3, -0.25) is 14.5 Å². The van der Waals surface area contributed by atoms with Gasteiger partial charge in [0.1, 0.15) is 5.82 Å². The van der Waals surface area contributed by atoms with Crippen molar-refractivity contribution in [3.63, 3.8) is 0 Å². The summed E-state index contributed by atoms with van der Waals surface area (Å²) in [5, 5.41) is 0. The molecular weight excluding hydrogens is 469 g/mol. The van der Waals surface area contributed by atoms with Crippen LogP contribution in [0.3, 0.4) is 0 Å². The van der Waals surface area contributed by atoms with Gasteiger partial charge in [0.2, 0.25) is 0 Å². The number of imidazole rings is 2. The Bertz CT molecular complexity index is 1610. The molecule has 0 amide bonds. The van der Waals surface area contributed by atoms with Crippen molar-refractivity contribution in [3.8, 4) is 22.6 Å². The fraction of sp³-hybridized carbons (Fsp3) is 0.231. The minimum atomic E-state index is -4.51. The highest BCUT2D eigenvalue weighted by Gasteiger charge is 2.34. The topological polar surface area (TPSA) is 81.4 Å². The van der Waals surface area contributed by atoms with Crippen molar-refractivity contribution in [2.24, 2.45) is 7.05 Å². The summed E-state index contributed by atoms with van der Waals surface area (Å²) in [6, 6.07) is 12.7. The summed E-state index contributed by atoms with van der Waals surface area (Å²) in [4.78, 5) is 28.4. The molecule has 1 aromatic carbocycles. The number of nitrogens with one attached hydrogen (secondary N) is 1. The third-order valence-electron chi connectivity index (χ3n) is 6.04. The van der Waals surface area contributed by atoms with Gasteiger partial charge in [-0.1, -0.05) is 38.1 Å². The van der Waals surface area contributed by atoms with Gasteiger partial charge in [-0.15, -0.1) is 0 Å². The zero-order valence-corrected chi connectivity index (χ0v) is 19.8. The second kappa shape index (κ2) is 8.78. The third kappa shape index (κ3) is 4.30. The van der Waals surface area contributed by atoms with E-state index >= 15 is 0 Å². The summed E-state index contributed by atoms with van der Waals surface area (Å²) >= 11 is 0. The molecule has 0 unspecified atom stereocenters. The maximum Gasteiger partial charge on any atom is 0.434 e. The van der Waals surface area contributed by atoms with Crippen molar-refractivity contribution in [2.45, 2.75) is 32.5 Å². The highest BCUT2D eigenvalue weighted by molar-refractivity contribution is 5.80. The van der Waals surface area contributed by atoms with Gasteiger partial charge in [0.15, 0.2) is 5.69 Å². The number of halogens is 3. The van der Waals surface area contributed by atoms with E-state index < -0.39 is 11.9 Å². The van der Waals surface area contributed by atoms with Crippen LogP contribution in [0.1, 0.15) is 36.7 Å². The first-order valence-electron chi connectivity index (χ1n) is 11.4. The lowest BCUT2D eigenvalue weighted by molar-refractivity contribution is -0.140. The van der Waals surface area contributed by atoms with Crippen LogP contribution in [-0.2, 0) is 19.8 Å². The Morgan fingerprint density at radius 3 is 2.50 bits per heavy atom. The molecule has 36 heavy (non-hydrogen) atoms. The van der Waals surface area contributed by atoms with E-state index in [1.807, 2.05) is 18.2 Å². The van der Waals surface area contributed by atoms with E-state index in [-0.39, 0.29) is 24.0 Å². The third-order valence-corrected chi connectivity index (χ3v) is 6.04. The highest BCUT2D eigenvalue weighted by Crippen LogP contribution is 2.31. The van der Waals surface area contributed by atoms with Gasteiger partial charge in [-0.2, -0.15) is 13.2 Å². The number of hydrogen-bond donors (Lipinski definition) is 1. The number of rotatable bonds is 5. The standard InChI is InChI=1S/C26H23F3N6O/c1-15(2)23-18(5-4-10-30-23)19-11-21-20(12-31-19)32-25(36)35(21)13-16-6-8-17(9-7-16)24-33-22(14-34(24)3)26(27,28)29/h4-12,14-15H,13H2,1-3H3,(H,32,36). The van der Waals surface area contributed by atoms with Crippen LogP contribution in [-0.4, -0.2) is 29.1 Å². The Morgan fingerprint density at radius 2 is 1.83 bits per heavy atom. The van der Waals surface area contributed by atoms with Gasteiger partial charge in [-0.25, -0.2) is 9.78 Å². The Labute approximate surface area is 204 Å². The largest absolute Gasteiger partial charge is 0.434 e. The lowest BCUT2D eigenvalue weighted by Gasteiger charge is -2.11. The average molecular weight is 493 g/mol. The van der Waals surface area contributed by atoms with E-state index in [1.165, 1.54) is 11.6 Å². The second-order valence-electron chi connectivity index (χ2n) is 8.95. The first-order chi connectivity index (χ1) is 17.1. The number of fused-ring (bicyclic) bond motifs is 1. The predicted octanol–water partition coefficient (Wildman–Crippen LogP) is 5.38. The maximum absolute atomic E-state index is 13.0. The molecule has 0 saturated heterocycles. The van der Waals surface area contributed by atoms with Crippen molar-refractivity contribution in [1.29, 1.82) is 0 Å². The summed E-state index contributed by atoms with van der Waals surface area (Å²) in [6.45, 7) is 4.41. The summed E-state index contributed by atoms with van der Waals surface area (Å²) in [6.07, 6.45) is -0.149. The van der Waals surface area contributed by atoms with Crippen LogP contribution in [0.4, 0.5) is 13.2 Å². The van der Waals surface area contributed by atoms with Crippen molar-refractivity contribution in [2.75, 3.05) is 0 Å². The Morgan fingerprint density at radius 1 is 1.08 bits per heavy atom. The molecule has 7 nitrogen and oxygen atoms in total. The maximum atomic E-state index is 13.0. The zero-order valence-electron chi connectivity index (χ0n) is 19.8. The van der Waals surface area contributed by atoms with Gasteiger partial charge < -0.3 is 9.55 Å². The number of aryl methyl sites for hydroxylation is 1. The Kier molecular flexibility index (Phi) is 5.74. The Balaban J connectivity index is 1.48. The first kappa shape index (κ1) is 23.5. The smallest absolute Gasteiger partial charge is 0.333 e. The summed E-state index contributed by atoms with van der Waals surface area (Å²) in [5.74, 6) is 0.419. The van der Waals surface area contributed by atoms with Crippen molar-refractivity contribution in [1.82, 2.24) is 29.1 Å². The van der Waals surface area contributed by atoms with E-state index in [9.17, 15) is 18.0 Å². The lowest BCUT2D eigenvalue weighted by Crippen LogP contribution is -2.17. The molecule has 5 aromatic rings. The van der Waals surface area contributed by atoms with Gasteiger partial charge in [-0.05, 0) is 29.7 Å². The number of hydrogen-bond acceptors (Lipinski definition) is 4. The molecule has 0 spiro atoms. The van der Waals surface area contributed by atoms with E-state index in [0.29, 0.717) is 16.6 Å². The molecule has 4 aromatic heterocycles. The van der Waals surface area contributed by atoms with E-state index in [4.69, 9.17) is 0 Å². The number of aromatic nitrogens is 6. The number of aromatic amines is 1. The van der Waals surface area contributed by atoms with Crippen molar-refractivity contribution >= 4 is 11.0 Å². The molecule has 0 radical (unpaired) electrons. The van der Waals surface area contributed by atoms with Crippen molar-refractivity contribution < 1.29 is 13.2 Å². The van der Waals surface area contributed by atoms with Crippen LogP contribution in [0, 0.1) is 0 Å². The fourth-order valence-electron chi connectivity index (χ4n) is 4.27. The molecule has 4 heterocycles. The summed E-state index contributed by atoms with van der Waals surface area (Å²) < 4.78 is 42.0. The molecule has 0 aliphatic carbocycles. The minimum Gasteiger partial charge on any atom is -0.333 e. The monoisotopic (exact) mass is 492 g/mol. The minimum absolute atomic E-state index is 0.205. The predicted molar refractivity (Wildman–Crippen MR) is 130 cm³/mol. The van der Waals surface area contributed by atoms with E-state index in [2.05, 4.69) is 33.8 Å². The van der Waals surface area contributed by atoms with Gasteiger partial charge in [0.25, 0.3) is 0 Å². The van der Waals surface area contributed by atoms with Gasteiger partial charge in [0.05, 0.1) is 35.2 Å². The number of nitrogens with zero attached hydrogens (tertiary/aromatic N) is 5. The van der Waals surface area contributed by atoms with E-state index in [0.717, 1.165) is 28.7 Å². The fourth-order valence-corrected chi connectivity index (χ4v) is 4.27. The Hall–Kier alpha value is -4.21. The van der Waals surface area contributed by atoms with Crippen LogP contribution in [0.2, 0.25) is 0 Å². The molecule has 10 heteroatoms. The molecule has 0 atom stereocenters. The van der Waals surface area contributed by atoms with Crippen LogP contribution >= 0.6 is 0 Å². The quantitative estimate of drug-likeness (QED) is 0.357. The van der Waals surface area contributed by atoms with E-state index in [1.54, 1.807) is 41.2 Å². The summed E-state index contributed by atoms with van der Waals surface area (Å²) in [5.41, 5.74) is 4.02. The average Bonchev–Trinajstić information content (AvgIpc) is 3.39. The van der Waals surface area contributed by atoms with Gasteiger partial charge >= 0.3 is 11.9 Å². The number of pyridine rings is 2. The highest BCUT2D eigenvalue weighted by atomic mass is 19.4. The summed E-state index contributed by atoms with van der Waals surface area (Å²) in [7, 11) is 1.52. The first-order valence-corrected chi connectivity index (χ1v) is 11.4. The van der Waals surface area contributed by atoms with Crippen molar-refractivity contribution in [3.05, 3.63) is 88.5 Å². The van der Waals surface area contributed by atoms with Gasteiger partial charge in [0, 0.05) is 30.6 Å². The molecule has 0 bridgehead atoms. The SMILES string of the molecule is CC(C)c1ncccc1-c1cc2c(cn1)[nH]c(=O)n2Cc1ccc(-c2nc(C(F)(F)F)cn2C)cc1. The molecule has 0 saturated carbocycles. The molecule has 184 valence electrons. The number of benzene rings is 1. The molecule has 1 N–H and O–H groups in total. The molecule has 5 rings (SSSR count). The molecular formula is C26H23F3N6O. The van der Waals surface area contributed by atoms with Crippen LogP contribution in [0.5, 0.6) is 0 Å². The molecule has 0 fully saturated rings. The normalized spacial score (nSPS) is 12.1. The van der Waals surface area contributed by atoms with Crippen LogP contribution in [0.25, 0.3) is 33.7 Å². The van der Waals surface area contributed by atoms with Crippen LogP contribution in [0.15, 0.2) is 65.8 Å². The molecule has 0 aliphatic heterocycles. The zero-order chi connectivity index (χ0) is 25.6. The number of alkyl halides is 3. The van der Waals surface area contributed by atoms with Crippen LogP contribution < -0.4 is 5.69 Å².